The fraction of sp³-hybridized carbons (Fsp3) is 0.455. The van der Waals surface area contributed by atoms with Crippen molar-refractivity contribution in [3.63, 3.8) is 0 Å². The molecule has 1 saturated heterocycles. The zero-order valence-corrected chi connectivity index (χ0v) is 18.1. The van der Waals surface area contributed by atoms with Gasteiger partial charge in [0.25, 0.3) is 0 Å². The summed E-state index contributed by atoms with van der Waals surface area (Å²) >= 11 is 0. The van der Waals surface area contributed by atoms with Gasteiger partial charge in [-0.25, -0.2) is 12.8 Å². The first-order chi connectivity index (χ1) is 13.8. The Labute approximate surface area is 173 Å². The van der Waals surface area contributed by atoms with Crippen LogP contribution in [0.4, 0.5) is 4.39 Å². The summed E-state index contributed by atoms with van der Waals surface area (Å²) in [6.07, 6.45) is 1.02. The highest BCUT2D eigenvalue weighted by atomic mass is 32.2. The van der Waals surface area contributed by atoms with Gasteiger partial charge in [0.1, 0.15) is 6.54 Å². The minimum atomic E-state index is -3.48. The van der Waals surface area contributed by atoms with Gasteiger partial charge in [-0.2, -0.15) is 4.31 Å². The second kappa shape index (κ2) is 9.24. The number of sulfonamides is 1. The van der Waals surface area contributed by atoms with Gasteiger partial charge in [-0.1, -0.05) is 26.0 Å². The van der Waals surface area contributed by atoms with Crippen LogP contribution in [0.3, 0.4) is 0 Å². The second-order valence-corrected chi connectivity index (χ2v) is 9.62. The second-order valence-electron chi connectivity index (χ2n) is 7.68. The molecule has 0 aromatic heterocycles. The number of benzene rings is 2. The Morgan fingerprint density at radius 2 is 1.79 bits per heavy atom. The number of hydrogen-bond acceptors (Lipinski definition) is 3. The van der Waals surface area contributed by atoms with Crippen LogP contribution >= 0.6 is 0 Å². The molecular weight excluding hydrogens is 391 g/mol. The van der Waals surface area contributed by atoms with Gasteiger partial charge in [0.05, 0.1) is 38.2 Å². The SMILES string of the molecule is CC[C@H](C)c1ccc(S(=O)(=O)N2CC[NH+](Cc3ccc(OC)c(F)c3)CC2)cc1. The summed E-state index contributed by atoms with van der Waals surface area (Å²) in [5.74, 6) is 0.284. The highest BCUT2D eigenvalue weighted by Crippen LogP contribution is 2.22. The van der Waals surface area contributed by atoms with Crippen LogP contribution in [0.2, 0.25) is 0 Å². The zero-order chi connectivity index (χ0) is 21.0. The van der Waals surface area contributed by atoms with E-state index in [1.165, 1.54) is 18.1 Å². The summed E-state index contributed by atoms with van der Waals surface area (Å²) in [5.41, 5.74) is 2.04. The van der Waals surface area contributed by atoms with Crippen molar-refractivity contribution >= 4 is 10.0 Å². The Bertz CT molecular complexity index is 924. The number of quaternary nitrogens is 1. The van der Waals surface area contributed by atoms with E-state index in [0.29, 0.717) is 43.5 Å². The molecule has 5 nitrogen and oxygen atoms in total. The summed E-state index contributed by atoms with van der Waals surface area (Å²) in [5, 5.41) is 0. The smallest absolute Gasteiger partial charge is 0.243 e. The van der Waals surface area contributed by atoms with Crippen molar-refractivity contribution in [3.8, 4) is 5.75 Å². The van der Waals surface area contributed by atoms with Crippen molar-refractivity contribution in [2.24, 2.45) is 0 Å². The average Bonchev–Trinajstić information content (AvgIpc) is 2.74. The number of hydrogen-bond donors (Lipinski definition) is 1. The number of rotatable bonds is 7. The van der Waals surface area contributed by atoms with Gasteiger partial charge < -0.3 is 9.64 Å². The van der Waals surface area contributed by atoms with E-state index in [9.17, 15) is 12.8 Å². The van der Waals surface area contributed by atoms with Gasteiger partial charge in [-0.15, -0.1) is 0 Å². The monoisotopic (exact) mass is 421 g/mol. The van der Waals surface area contributed by atoms with E-state index >= 15 is 0 Å². The summed E-state index contributed by atoms with van der Waals surface area (Å²) in [6.45, 7) is 7.23. The molecule has 7 heteroatoms. The maximum atomic E-state index is 13.9. The molecule has 2 aromatic rings. The Kier molecular flexibility index (Phi) is 6.93. The highest BCUT2D eigenvalue weighted by molar-refractivity contribution is 7.89. The molecule has 2 aromatic carbocycles. The molecule has 0 saturated carbocycles. The number of ether oxygens (including phenoxy) is 1. The molecule has 1 atom stereocenters. The first kappa shape index (κ1) is 21.7. The van der Waals surface area contributed by atoms with E-state index in [4.69, 9.17) is 4.74 Å². The molecule has 0 amide bonds. The van der Waals surface area contributed by atoms with Crippen LogP contribution in [0.25, 0.3) is 0 Å². The lowest BCUT2D eigenvalue weighted by Gasteiger charge is -2.31. The van der Waals surface area contributed by atoms with Crippen molar-refractivity contribution in [2.75, 3.05) is 33.3 Å². The Hall–Kier alpha value is -1.96. The van der Waals surface area contributed by atoms with Gasteiger partial charge in [-0.3, -0.25) is 0 Å². The lowest BCUT2D eigenvalue weighted by atomic mass is 9.99. The number of nitrogens with zero attached hydrogens (tertiary/aromatic N) is 1. The maximum absolute atomic E-state index is 13.9. The molecule has 1 N–H and O–H groups in total. The third-order valence-corrected chi connectivity index (χ3v) is 7.71. The standard InChI is InChI=1S/C22H29FN2O3S/c1-4-17(2)19-6-8-20(9-7-19)29(26,27)25-13-11-24(12-14-25)16-18-5-10-22(28-3)21(23)15-18/h5-10,15,17H,4,11-14,16H2,1-3H3/p+1/t17-/m0/s1. The molecule has 0 unspecified atom stereocenters. The van der Waals surface area contributed by atoms with Crippen molar-refractivity contribution < 1.29 is 22.4 Å². The average molecular weight is 422 g/mol. The van der Waals surface area contributed by atoms with E-state index in [1.54, 1.807) is 22.5 Å². The fourth-order valence-corrected chi connectivity index (χ4v) is 5.12. The molecular formula is C22H30FN2O3S+. The van der Waals surface area contributed by atoms with E-state index in [1.807, 2.05) is 18.2 Å². The van der Waals surface area contributed by atoms with E-state index in [-0.39, 0.29) is 11.6 Å². The third-order valence-electron chi connectivity index (χ3n) is 5.80. The molecule has 1 heterocycles. The molecule has 0 spiro atoms. The molecule has 29 heavy (non-hydrogen) atoms. The Morgan fingerprint density at radius 3 is 2.34 bits per heavy atom. The minimum absolute atomic E-state index is 0.235. The fourth-order valence-electron chi connectivity index (χ4n) is 3.68. The van der Waals surface area contributed by atoms with Crippen molar-refractivity contribution in [1.29, 1.82) is 0 Å². The van der Waals surface area contributed by atoms with Gasteiger partial charge in [0.15, 0.2) is 11.6 Å². The Morgan fingerprint density at radius 1 is 1.14 bits per heavy atom. The highest BCUT2D eigenvalue weighted by Gasteiger charge is 2.30. The summed E-state index contributed by atoms with van der Waals surface area (Å²) in [7, 11) is -2.03. The lowest BCUT2D eigenvalue weighted by molar-refractivity contribution is -0.917. The first-order valence-electron chi connectivity index (χ1n) is 10.1. The van der Waals surface area contributed by atoms with Gasteiger partial charge >= 0.3 is 0 Å². The van der Waals surface area contributed by atoms with Crippen LogP contribution in [-0.4, -0.2) is 46.0 Å². The van der Waals surface area contributed by atoms with Crippen molar-refractivity contribution in [2.45, 2.75) is 37.6 Å². The van der Waals surface area contributed by atoms with Crippen LogP contribution in [0.1, 0.15) is 37.3 Å². The van der Waals surface area contributed by atoms with Crippen LogP contribution in [0.5, 0.6) is 5.75 Å². The number of nitrogens with one attached hydrogen (secondary N) is 1. The van der Waals surface area contributed by atoms with Gasteiger partial charge in [0, 0.05) is 5.56 Å². The molecule has 0 aliphatic carbocycles. The Balaban J connectivity index is 1.61. The van der Waals surface area contributed by atoms with E-state index in [0.717, 1.165) is 17.5 Å². The molecule has 1 aliphatic heterocycles. The predicted octanol–water partition coefficient (Wildman–Crippen LogP) is 2.44. The van der Waals surface area contributed by atoms with Gasteiger partial charge in [-0.05, 0) is 48.2 Å². The summed E-state index contributed by atoms with van der Waals surface area (Å²) in [6, 6.07) is 12.3. The molecule has 1 fully saturated rings. The van der Waals surface area contributed by atoms with Crippen molar-refractivity contribution in [1.82, 2.24) is 4.31 Å². The van der Waals surface area contributed by atoms with Crippen LogP contribution in [0.15, 0.2) is 47.4 Å². The lowest BCUT2D eigenvalue weighted by Crippen LogP contribution is -3.13. The normalized spacial score (nSPS) is 17.2. The minimum Gasteiger partial charge on any atom is -0.494 e. The largest absolute Gasteiger partial charge is 0.494 e. The van der Waals surface area contributed by atoms with E-state index < -0.39 is 10.0 Å². The molecule has 158 valence electrons. The summed E-state index contributed by atoms with van der Waals surface area (Å²) < 4.78 is 46.3. The topological polar surface area (TPSA) is 51.0 Å². The molecule has 1 aliphatic rings. The first-order valence-corrected chi connectivity index (χ1v) is 11.5. The van der Waals surface area contributed by atoms with Crippen LogP contribution in [-0.2, 0) is 16.6 Å². The molecule has 0 bridgehead atoms. The predicted molar refractivity (Wildman–Crippen MR) is 111 cm³/mol. The molecule has 0 radical (unpaired) electrons. The number of halogens is 1. The van der Waals surface area contributed by atoms with Gasteiger partial charge in [0.2, 0.25) is 10.0 Å². The quantitative estimate of drug-likeness (QED) is 0.747. The van der Waals surface area contributed by atoms with Crippen LogP contribution in [0, 0.1) is 5.82 Å². The molecule has 3 rings (SSSR count). The number of methoxy groups -OCH3 is 1. The third kappa shape index (κ3) is 4.97. The summed E-state index contributed by atoms with van der Waals surface area (Å²) in [4.78, 5) is 1.60. The maximum Gasteiger partial charge on any atom is 0.243 e. The number of piperazine rings is 1. The van der Waals surface area contributed by atoms with Crippen LogP contribution < -0.4 is 9.64 Å². The van der Waals surface area contributed by atoms with E-state index in [2.05, 4.69) is 13.8 Å². The van der Waals surface area contributed by atoms with Crippen molar-refractivity contribution in [3.05, 3.63) is 59.4 Å². The zero-order valence-electron chi connectivity index (χ0n) is 17.3.